The predicted octanol–water partition coefficient (Wildman–Crippen LogP) is 0.869. The Kier molecular flexibility index (Phi) is 5.32. The van der Waals surface area contributed by atoms with Crippen molar-refractivity contribution in [1.29, 1.82) is 0 Å². The summed E-state index contributed by atoms with van der Waals surface area (Å²) in [5.74, 6) is 0.336. The highest BCUT2D eigenvalue weighted by Gasteiger charge is 2.04. The van der Waals surface area contributed by atoms with E-state index in [1.807, 2.05) is 0 Å². The molecule has 18 heavy (non-hydrogen) atoms. The molecule has 0 aliphatic carbocycles. The molecule has 1 rings (SSSR count). The minimum atomic E-state index is -3.97. The molecule has 100 valence electrons. The Balaban J connectivity index is 2.39. The van der Waals surface area contributed by atoms with Crippen molar-refractivity contribution in [2.24, 2.45) is 0 Å². The van der Waals surface area contributed by atoms with E-state index in [0.29, 0.717) is 0 Å². The van der Waals surface area contributed by atoms with E-state index in [1.54, 1.807) is 31.4 Å². The van der Waals surface area contributed by atoms with Gasteiger partial charge in [-0.2, -0.15) is 8.42 Å². The van der Waals surface area contributed by atoms with Gasteiger partial charge in [0.25, 0.3) is 10.1 Å². The molecule has 3 N–H and O–H groups in total. The van der Waals surface area contributed by atoms with Crippen LogP contribution >= 0.6 is 12.2 Å². The van der Waals surface area contributed by atoms with Crippen molar-refractivity contribution in [3.63, 3.8) is 0 Å². The van der Waals surface area contributed by atoms with E-state index in [9.17, 15) is 8.42 Å². The van der Waals surface area contributed by atoms with E-state index in [4.69, 9.17) is 21.5 Å². The fraction of sp³-hybridized carbons (Fsp3) is 0.300. The zero-order valence-electron chi connectivity index (χ0n) is 9.71. The summed E-state index contributed by atoms with van der Waals surface area (Å²) in [4.78, 5) is 0. The number of rotatable bonds is 5. The van der Waals surface area contributed by atoms with Crippen LogP contribution in [0.15, 0.2) is 24.3 Å². The summed E-state index contributed by atoms with van der Waals surface area (Å²) in [7, 11) is -2.39. The molecule has 0 amide bonds. The number of anilines is 1. The Morgan fingerprint density at radius 3 is 2.50 bits per heavy atom. The molecule has 1 aromatic rings. The van der Waals surface area contributed by atoms with E-state index >= 15 is 0 Å². The summed E-state index contributed by atoms with van der Waals surface area (Å²) in [6.45, 7) is 0.0425. The molecule has 6 nitrogen and oxygen atoms in total. The second-order valence-electron chi connectivity index (χ2n) is 3.40. The van der Waals surface area contributed by atoms with Gasteiger partial charge < -0.3 is 15.4 Å². The molecule has 0 fully saturated rings. The fourth-order valence-electron chi connectivity index (χ4n) is 1.14. The maximum absolute atomic E-state index is 10.5. The van der Waals surface area contributed by atoms with E-state index < -0.39 is 15.9 Å². The Morgan fingerprint density at radius 2 is 2.00 bits per heavy atom. The van der Waals surface area contributed by atoms with Gasteiger partial charge in [0.15, 0.2) is 5.11 Å². The van der Waals surface area contributed by atoms with Crippen molar-refractivity contribution < 1.29 is 17.7 Å². The number of ether oxygens (including phenoxy) is 1. The maximum atomic E-state index is 10.5. The van der Waals surface area contributed by atoms with E-state index in [2.05, 4.69) is 10.6 Å². The molecule has 0 radical (unpaired) electrons. The van der Waals surface area contributed by atoms with Gasteiger partial charge in [-0.15, -0.1) is 0 Å². The summed E-state index contributed by atoms with van der Waals surface area (Å²) in [6.07, 6.45) is 0. The SMILES string of the molecule is COc1ccc(NC(=S)NCCS(=O)(=O)O)cc1. The molecule has 0 saturated heterocycles. The van der Waals surface area contributed by atoms with Gasteiger partial charge in [-0.3, -0.25) is 4.55 Å². The molecule has 0 aliphatic heterocycles. The third kappa shape index (κ3) is 5.80. The first kappa shape index (κ1) is 14.7. The summed E-state index contributed by atoms with van der Waals surface area (Å²) in [5, 5.41) is 5.82. The largest absolute Gasteiger partial charge is 0.497 e. The normalized spacial score (nSPS) is 10.8. The lowest BCUT2D eigenvalue weighted by Gasteiger charge is -2.10. The van der Waals surface area contributed by atoms with Crippen LogP contribution in [-0.2, 0) is 10.1 Å². The predicted molar refractivity (Wildman–Crippen MR) is 73.6 cm³/mol. The standard InChI is InChI=1S/C10H14N2O4S2/c1-16-9-4-2-8(3-5-9)12-10(17)11-6-7-18(13,14)15/h2-5H,6-7H2,1H3,(H2,11,12,17)(H,13,14,15). The first-order valence-electron chi connectivity index (χ1n) is 5.05. The highest BCUT2D eigenvalue weighted by Crippen LogP contribution is 2.14. The third-order valence-corrected chi connectivity index (χ3v) is 2.96. The Labute approximate surface area is 111 Å². The van der Waals surface area contributed by atoms with Crippen molar-refractivity contribution in [1.82, 2.24) is 5.32 Å². The second-order valence-corrected chi connectivity index (χ2v) is 5.38. The fourth-order valence-corrected chi connectivity index (χ4v) is 1.72. The van der Waals surface area contributed by atoms with Crippen LogP contribution in [0.5, 0.6) is 5.75 Å². The molecular weight excluding hydrogens is 276 g/mol. The summed E-state index contributed by atoms with van der Waals surface area (Å²) in [5.41, 5.74) is 0.750. The highest BCUT2D eigenvalue weighted by atomic mass is 32.2. The maximum Gasteiger partial charge on any atom is 0.266 e. The van der Waals surface area contributed by atoms with Gasteiger partial charge >= 0.3 is 0 Å². The van der Waals surface area contributed by atoms with Crippen LogP contribution in [0.25, 0.3) is 0 Å². The van der Waals surface area contributed by atoms with E-state index in [0.717, 1.165) is 11.4 Å². The minimum Gasteiger partial charge on any atom is -0.497 e. The minimum absolute atomic E-state index is 0.0425. The van der Waals surface area contributed by atoms with Gasteiger partial charge in [0, 0.05) is 12.2 Å². The third-order valence-electron chi connectivity index (χ3n) is 1.99. The van der Waals surface area contributed by atoms with Crippen LogP contribution < -0.4 is 15.4 Å². The van der Waals surface area contributed by atoms with Crippen molar-refractivity contribution in [3.05, 3.63) is 24.3 Å². The number of thiocarbonyl (C=S) groups is 1. The molecule has 0 heterocycles. The second kappa shape index (κ2) is 6.53. The van der Waals surface area contributed by atoms with Crippen LogP contribution in [0, 0.1) is 0 Å². The quantitative estimate of drug-likeness (QED) is 0.548. The average Bonchev–Trinajstić information content (AvgIpc) is 2.28. The zero-order chi connectivity index (χ0) is 13.6. The Morgan fingerprint density at radius 1 is 1.39 bits per heavy atom. The average molecular weight is 290 g/mol. The first-order valence-corrected chi connectivity index (χ1v) is 7.06. The van der Waals surface area contributed by atoms with Crippen LogP contribution in [0.2, 0.25) is 0 Å². The van der Waals surface area contributed by atoms with Crippen LogP contribution in [0.1, 0.15) is 0 Å². The van der Waals surface area contributed by atoms with Gasteiger partial charge in [-0.1, -0.05) is 0 Å². The van der Waals surface area contributed by atoms with Gasteiger partial charge in [-0.05, 0) is 36.5 Å². The van der Waals surface area contributed by atoms with Gasteiger partial charge in [0.2, 0.25) is 0 Å². The number of hydrogen-bond acceptors (Lipinski definition) is 4. The summed E-state index contributed by atoms with van der Waals surface area (Å²) < 4.78 is 34.5. The summed E-state index contributed by atoms with van der Waals surface area (Å²) >= 11 is 4.96. The molecule has 0 spiro atoms. The number of nitrogens with one attached hydrogen (secondary N) is 2. The van der Waals surface area contributed by atoms with Gasteiger partial charge in [0.1, 0.15) is 5.75 Å². The highest BCUT2D eigenvalue weighted by molar-refractivity contribution is 7.85. The van der Waals surface area contributed by atoms with Crippen molar-refractivity contribution in [2.75, 3.05) is 24.7 Å². The van der Waals surface area contributed by atoms with Crippen LogP contribution in [0.4, 0.5) is 5.69 Å². The van der Waals surface area contributed by atoms with Crippen molar-refractivity contribution in [2.45, 2.75) is 0 Å². The molecule has 0 unspecified atom stereocenters. The number of methoxy groups -OCH3 is 1. The van der Waals surface area contributed by atoms with Crippen molar-refractivity contribution in [3.8, 4) is 5.75 Å². The number of hydrogen-bond donors (Lipinski definition) is 3. The van der Waals surface area contributed by atoms with Crippen molar-refractivity contribution >= 4 is 33.1 Å². The van der Waals surface area contributed by atoms with Gasteiger partial charge in [-0.25, -0.2) is 0 Å². The monoisotopic (exact) mass is 290 g/mol. The lowest BCUT2D eigenvalue weighted by atomic mass is 10.3. The molecule has 0 bridgehead atoms. The summed E-state index contributed by atoms with van der Waals surface area (Å²) in [6, 6.07) is 7.08. The Hall–Kier alpha value is -1.38. The number of benzene rings is 1. The van der Waals surface area contributed by atoms with Crippen LogP contribution in [0.3, 0.4) is 0 Å². The Bertz CT molecular complexity index is 499. The van der Waals surface area contributed by atoms with Crippen LogP contribution in [-0.4, -0.2) is 37.5 Å². The van der Waals surface area contributed by atoms with E-state index in [1.165, 1.54) is 0 Å². The molecule has 1 aromatic carbocycles. The molecular formula is C10H14N2O4S2. The smallest absolute Gasteiger partial charge is 0.266 e. The lowest BCUT2D eigenvalue weighted by molar-refractivity contribution is 0.415. The molecule has 8 heteroatoms. The zero-order valence-corrected chi connectivity index (χ0v) is 11.3. The van der Waals surface area contributed by atoms with Gasteiger partial charge in [0.05, 0.1) is 12.9 Å². The molecule has 0 aliphatic rings. The lowest BCUT2D eigenvalue weighted by Crippen LogP contribution is -2.32. The van der Waals surface area contributed by atoms with E-state index in [-0.39, 0.29) is 11.7 Å². The molecule has 0 atom stereocenters. The first-order chi connectivity index (χ1) is 8.40. The molecule has 0 saturated carbocycles. The topological polar surface area (TPSA) is 87.7 Å². The molecule has 0 aromatic heterocycles.